The van der Waals surface area contributed by atoms with Gasteiger partial charge in [0, 0.05) is 18.7 Å². The maximum atomic E-state index is 12.4. The Hall–Kier alpha value is -2.46. The van der Waals surface area contributed by atoms with Crippen molar-refractivity contribution in [3.8, 4) is 0 Å². The Bertz CT molecular complexity index is 759. The number of carbonyl (C=O) groups is 3. The molecule has 24 heavy (non-hydrogen) atoms. The fraction of sp³-hybridized carbons (Fsp3) is 0.357. The van der Waals surface area contributed by atoms with Crippen LogP contribution in [0.3, 0.4) is 0 Å². The van der Waals surface area contributed by atoms with Gasteiger partial charge in [0.15, 0.2) is 0 Å². The van der Waals surface area contributed by atoms with Gasteiger partial charge in [-0.1, -0.05) is 0 Å². The Balaban J connectivity index is 2.15. The predicted octanol–water partition coefficient (Wildman–Crippen LogP) is -0.990. The highest BCUT2D eigenvalue weighted by Gasteiger charge is 2.29. The van der Waals surface area contributed by atoms with Crippen molar-refractivity contribution in [3.63, 3.8) is 0 Å². The predicted molar refractivity (Wildman–Crippen MR) is 82.8 cm³/mol. The highest BCUT2D eigenvalue weighted by atomic mass is 32.2. The van der Waals surface area contributed by atoms with Crippen molar-refractivity contribution in [2.24, 2.45) is 0 Å². The van der Waals surface area contributed by atoms with Gasteiger partial charge in [0.1, 0.15) is 6.04 Å². The molecule has 1 heterocycles. The first-order valence-corrected chi connectivity index (χ1v) is 8.56. The van der Waals surface area contributed by atoms with Gasteiger partial charge in [-0.2, -0.15) is 4.31 Å². The van der Waals surface area contributed by atoms with Gasteiger partial charge >= 0.3 is 5.97 Å². The van der Waals surface area contributed by atoms with Crippen LogP contribution in [0, 0.1) is 0 Å². The lowest BCUT2D eigenvalue weighted by molar-refractivity contribution is -0.138. The zero-order valence-electron chi connectivity index (χ0n) is 12.9. The molecule has 0 aliphatic carbocycles. The number of nitrogens with zero attached hydrogens (tertiary/aromatic N) is 1. The van der Waals surface area contributed by atoms with Crippen molar-refractivity contribution < 1.29 is 27.9 Å². The maximum Gasteiger partial charge on any atom is 0.325 e. The van der Waals surface area contributed by atoms with Crippen LogP contribution in [0.4, 0.5) is 0 Å². The lowest BCUT2D eigenvalue weighted by atomic mass is 10.2. The molecule has 2 amide bonds. The molecule has 9 nitrogen and oxygen atoms in total. The van der Waals surface area contributed by atoms with E-state index >= 15 is 0 Å². The molecule has 3 N–H and O–H groups in total. The Labute approximate surface area is 138 Å². The van der Waals surface area contributed by atoms with Gasteiger partial charge in [0.2, 0.25) is 15.9 Å². The maximum absolute atomic E-state index is 12.4. The molecule has 10 heteroatoms. The van der Waals surface area contributed by atoms with E-state index in [0.717, 1.165) is 4.31 Å². The zero-order chi connectivity index (χ0) is 17.9. The van der Waals surface area contributed by atoms with Crippen molar-refractivity contribution in [1.82, 2.24) is 14.9 Å². The number of nitrogens with one attached hydrogen (secondary N) is 2. The normalized spacial score (nSPS) is 17.0. The number of carboxylic acid groups (broad SMARTS) is 1. The van der Waals surface area contributed by atoms with Crippen LogP contribution < -0.4 is 10.6 Å². The Morgan fingerprint density at radius 1 is 1.29 bits per heavy atom. The molecule has 1 fully saturated rings. The van der Waals surface area contributed by atoms with Gasteiger partial charge in [0.25, 0.3) is 5.91 Å². The van der Waals surface area contributed by atoms with E-state index in [1.165, 1.54) is 31.2 Å². The molecular formula is C14H17N3O6S. The second kappa shape index (κ2) is 6.97. The molecule has 130 valence electrons. The van der Waals surface area contributed by atoms with Crippen LogP contribution in [-0.4, -0.2) is 61.3 Å². The van der Waals surface area contributed by atoms with Crippen molar-refractivity contribution >= 4 is 27.8 Å². The van der Waals surface area contributed by atoms with Crippen molar-refractivity contribution in [1.29, 1.82) is 0 Å². The van der Waals surface area contributed by atoms with Crippen LogP contribution >= 0.6 is 0 Å². The number of benzene rings is 1. The van der Waals surface area contributed by atoms with Crippen molar-refractivity contribution in [2.45, 2.75) is 17.9 Å². The zero-order valence-corrected chi connectivity index (χ0v) is 13.7. The van der Waals surface area contributed by atoms with E-state index in [1.807, 2.05) is 0 Å². The summed E-state index contributed by atoms with van der Waals surface area (Å²) in [6.07, 6.45) is 0. The summed E-state index contributed by atoms with van der Waals surface area (Å²) in [6.45, 7) is 1.49. The van der Waals surface area contributed by atoms with E-state index in [-0.39, 0.29) is 36.0 Å². The van der Waals surface area contributed by atoms with Crippen LogP contribution in [0.25, 0.3) is 0 Å². The summed E-state index contributed by atoms with van der Waals surface area (Å²) in [6, 6.07) is 4.03. The highest BCUT2D eigenvalue weighted by Crippen LogP contribution is 2.17. The third-order valence-electron chi connectivity index (χ3n) is 3.48. The topological polar surface area (TPSA) is 133 Å². The summed E-state index contributed by atoms with van der Waals surface area (Å²) >= 11 is 0. The highest BCUT2D eigenvalue weighted by molar-refractivity contribution is 7.89. The van der Waals surface area contributed by atoms with E-state index in [0.29, 0.717) is 0 Å². The molecule has 1 aromatic rings. The summed E-state index contributed by atoms with van der Waals surface area (Å²) in [4.78, 5) is 33.9. The number of sulfonamides is 1. The van der Waals surface area contributed by atoms with E-state index in [4.69, 9.17) is 5.11 Å². The molecule has 0 bridgehead atoms. The van der Waals surface area contributed by atoms with Gasteiger partial charge in [-0.05, 0) is 31.2 Å². The van der Waals surface area contributed by atoms with Gasteiger partial charge in [0.05, 0.1) is 11.4 Å². The Morgan fingerprint density at radius 2 is 1.92 bits per heavy atom. The summed E-state index contributed by atoms with van der Waals surface area (Å²) in [7, 11) is -3.83. The Kier molecular flexibility index (Phi) is 5.20. The minimum Gasteiger partial charge on any atom is -0.480 e. The van der Waals surface area contributed by atoms with E-state index in [2.05, 4.69) is 10.6 Å². The van der Waals surface area contributed by atoms with Gasteiger partial charge < -0.3 is 15.7 Å². The molecule has 1 aliphatic rings. The molecule has 0 aromatic heterocycles. The fourth-order valence-corrected chi connectivity index (χ4v) is 3.49. The standard InChI is InChI=1S/C14H17N3O6S/c1-9(14(20)21)16-13(19)10-2-4-11(5-3-10)24(22,23)17-7-6-15-12(18)8-17/h2-5,9H,6-8H2,1H3,(H,15,18)(H,16,19)(H,20,21). The summed E-state index contributed by atoms with van der Waals surface area (Å²) in [5.74, 6) is -2.17. The lowest BCUT2D eigenvalue weighted by Crippen LogP contribution is -2.49. The number of hydrogen-bond donors (Lipinski definition) is 3. The first-order chi connectivity index (χ1) is 11.2. The molecule has 1 saturated heterocycles. The third kappa shape index (κ3) is 3.89. The first kappa shape index (κ1) is 17.9. The van der Waals surface area contributed by atoms with E-state index < -0.39 is 27.9 Å². The van der Waals surface area contributed by atoms with Gasteiger partial charge in [-0.3, -0.25) is 14.4 Å². The summed E-state index contributed by atoms with van der Waals surface area (Å²) < 4.78 is 26.0. The van der Waals surface area contributed by atoms with Crippen LogP contribution in [0.2, 0.25) is 0 Å². The first-order valence-electron chi connectivity index (χ1n) is 7.12. The largest absolute Gasteiger partial charge is 0.480 e. The molecule has 2 rings (SSSR count). The average molecular weight is 355 g/mol. The van der Waals surface area contributed by atoms with E-state index in [9.17, 15) is 22.8 Å². The number of hydrogen-bond acceptors (Lipinski definition) is 5. The van der Waals surface area contributed by atoms with Gasteiger partial charge in [-0.15, -0.1) is 0 Å². The Morgan fingerprint density at radius 3 is 2.46 bits per heavy atom. The number of amides is 2. The van der Waals surface area contributed by atoms with Crippen LogP contribution in [0.15, 0.2) is 29.2 Å². The summed E-state index contributed by atoms with van der Waals surface area (Å²) in [5.41, 5.74) is 0.137. The number of aliphatic carboxylic acids is 1. The fourth-order valence-electron chi connectivity index (χ4n) is 2.09. The number of carbonyl (C=O) groups excluding carboxylic acids is 2. The number of piperazine rings is 1. The van der Waals surface area contributed by atoms with Crippen molar-refractivity contribution in [2.75, 3.05) is 19.6 Å². The van der Waals surface area contributed by atoms with Gasteiger partial charge in [-0.25, -0.2) is 8.42 Å². The number of carboxylic acids is 1. The third-order valence-corrected chi connectivity index (χ3v) is 5.34. The molecule has 0 spiro atoms. The quantitative estimate of drug-likeness (QED) is 0.621. The summed E-state index contributed by atoms with van der Waals surface area (Å²) in [5, 5.41) is 13.6. The molecule has 1 unspecified atom stereocenters. The van der Waals surface area contributed by atoms with Crippen molar-refractivity contribution in [3.05, 3.63) is 29.8 Å². The lowest BCUT2D eigenvalue weighted by Gasteiger charge is -2.25. The average Bonchev–Trinajstić information content (AvgIpc) is 2.54. The molecule has 0 saturated carbocycles. The molecule has 1 atom stereocenters. The smallest absolute Gasteiger partial charge is 0.325 e. The minimum absolute atomic E-state index is 0.0416. The SMILES string of the molecule is CC(NC(=O)c1ccc(S(=O)(=O)N2CCNC(=O)C2)cc1)C(=O)O. The van der Waals surface area contributed by atoms with E-state index in [1.54, 1.807) is 0 Å². The monoisotopic (exact) mass is 355 g/mol. The molecule has 0 radical (unpaired) electrons. The number of rotatable bonds is 5. The minimum atomic E-state index is -3.83. The molecule has 1 aliphatic heterocycles. The second-order valence-electron chi connectivity index (χ2n) is 5.25. The molecule has 1 aromatic carbocycles. The van der Waals surface area contributed by atoms with Crippen LogP contribution in [0.5, 0.6) is 0 Å². The molecular weight excluding hydrogens is 338 g/mol. The second-order valence-corrected chi connectivity index (χ2v) is 7.18. The van der Waals surface area contributed by atoms with Crippen LogP contribution in [0.1, 0.15) is 17.3 Å². The van der Waals surface area contributed by atoms with Crippen LogP contribution in [-0.2, 0) is 19.6 Å².